The summed E-state index contributed by atoms with van der Waals surface area (Å²) in [6.45, 7) is 10.1. The van der Waals surface area contributed by atoms with Gasteiger partial charge < -0.3 is 4.90 Å². The molecule has 0 saturated heterocycles. The molecule has 0 aromatic heterocycles. The van der Waals surface area contributed by atoms with Crippen LogP contribution in [0.25, 0.3) is 32.3 Å². The molecule has 0 saturated carbocycles. The van der Waals surface area contributed by atoms with Crippen LogP contribution in [-0.4, -0.2) is 32.4 Å². The summed E-state index contributed by atoms with van der Waals surface area (Å²) in [6, 6.07) is 54.7. The summed E-state index contributed by atoms with van der Waals surface area (Å²) in [5.74, 6) is 0. The van der Waals surface area contributed by atoms with Gasteiger partial charge in [0.1, 0.15) is 7.85 Å². The third-order valence-corrected chi connectivity index (χ3v) is 9.44. The lowest BCUT2D eigenvalue weighted by Gasteiger charge is -2.36. The lowest BCUT2D eigenvalue weighted by Crippen LogP contribution is -2.29. The molecule has 0 atom stereocenters. The molecule has 0 fully saturated rings. The van der Waals surface area contributed by atoms with Crippen molar-refractivity contribution in [2.45, 2.75) is 45.3 Å². The maximum absolute atomic E-state index is 2.38. The maximum Gasteiger partial charge on any atom is 0.101 e. The van der Waals surface area contributed by atoms with Crippen LogP contribution in [0.15, 0.2) is 152 Å². The Bertz CT molecular complexity index is 1650. The van der Waals surface area contributed by atoms with Crippen LogP contribution in [0.4, 0.5) is 0 Å². The summed E-state index contributed by atoms with van der Waals surface area (Å²) >= 11 is 0. The monoisotopic (exact) mass is 601 g/mol. The van der Waals surface area contributed by atoms with Crippen molar-refractivity contribution >= 4 is 40.2 Å². The smallest absolute Gasteiger partial charge is 0.101 e. The quantitative estimate of drug-likeness (QED) is 0.0904. The van der Waals surface area contributed by atoms with E-state index in [2.05, 4.69) is 185 Å². The lowest BCUT2D eigenvalue weighted by molar-refractivity contribution is 0.321. The maximum atomic E-state index is 2.38. The molecule has 0 aliphatic rings. The Hall–Kier alpha value is -4.40. The van der Waals surface area contributed by atoms with Crippen LogP contribution in [0.2, 0.25) is 6.32 Å². The summed E-state index contributed by atoms with van der Waals surface area (Å²) in [5, 5.41) is 8.14. The highest BCUT2D eigenvalue weighted by Gasteiger charge is 2.35. The van der Waals surface area contributed by atoms with E-state index in [1.165, 1.54) is 81.4 Å². The fourth-order valence-electron chi connectivity index (χ4n) is 6.88. The first-order chi connectivity index (χ1) is 22.7. The Morgan fingerprint density at radius 3 is 1.02 bits per heavy atom. The lowest BCUT2D eigenvalue weighted by atomic mass is 9.66. The number of rotatable bonds is 9. The highest BCUT2D eigenvalue weighted by Crippen LogP contribution is 2.43. The summed E-state index contributed by atoms with van der Waals surface area (Å²) in [7, 11) is 2.27. The molecule has 0 spiro atoms. The summed E-state index contributed by atoms with van der Waals surface area (Å²) in [5.41, 5.74) is 4.07. The molecule has 232 valence electrons. The summed E-state index contributed by atoms with van der Waals surface area (Å²) in [4.78, 5) is 2.38. The molecule has 0 bridgehead atoms. The number of hydrogen-bond acceptors (Lipinski definition) is 1. The van der Waals surface area contributed by atoms with Gasteiger partial charge in [0.2, 0.25) is 0 Å². The van der Waals surface area contributed by atoms with Crippen LogP contribution in [0.5, 0.6) is 0 Å². The van der Waals surface area contributed by atoms with Crippen LogP contribution in [-0.2, 0) is 5.41 Å². The van der Waals surface area contributed by atoms with Gasteiger partial charge in [0.05, 0.1) is 0 Å². The fourth-order valence-corrected chi connectivity index (χ4v) is 6.88. The molecule has 0 amide bonds. The predicted molar refractivity (Wildman–Crippen MR) is 205 cm³/mol. The third kappa shape index (κ3) is 7.19. The van der Waals surface area contributed by atoms with E-state index in [0.717, 1.165) is 6.42 Å². The van der Waals surface area contributed by atoms with Crippen molar-refractivity contribution in [2.75, 3.05) is 19.6 Å². The highest BCUT2D eigenvalue weighted by molar-refractivity contribution is 6.22. The fraction of sp³-hybridized carbons (Fsp3) is 0.227. The Morgan fingerprint density at radius 1 is 0.435 bits per heavy atom. The number of benzene rings is 7. The minimum Gasteiger partial charge on any atom is -0.304 e. The van der Waals surface area contributed by atoms with Gasteiger partial charge in [-0.05, 0) is 75.1 Å². The van der Waals surface area contributed by atoms with Crippen LogP contribution >= 0.6 is 0 Å². The van der Waals surface area contributed by atoms with Gasteiger partial charge >= 0.3 is 0 Å². The first-order valence-corrected chi connectivity index (χ1v) is 17.2. The van der Waals surface area contributed by atoms with Gasteiger partial charge in [-0.2, -0.15) is 0 Å². The molecule has 1 nitrogen and oxygen atoms in total. The van der Waals surface area contributed by atoms with Gasteiger partial charge in [-0.15, -0.1) is 0 Å². The minimum absolute atomic E-state index is 0.0697. The van der Waals surface area contributed by atoms with E-state index >= 15 is 0 Å². The second-order valence-corrected chi connectivity index (χ2v) is 12.0. The minimum atomic E-state index is -0.0697. The third-order valence-electron chi connectivity index (χ3n) is 9.44. The molecule has 0 N–H and O–H groups in total. The molecule has 0 radical (unpaired) electrons. The van der Waals surface area contributed by atoms with Gasteiger partial charge in [0.25, 0.3) is 0 Å². The zero-order valence-electron chi connectivity index (χ0n) is 28.1. The second kappa shape index (κ2) is 16.3. The van der Waals surface area contributed by atoms with Crippen LogP contribution in [0.3, 0.4) is 0 Å². The Morgan fingerprint density at radius 2 is 0.761 bits per heavy atom. The molecule has 0 aliphatic heterocycles. The zero-order valence-corrected chi connectivity index (χ0v) is 28.1. The van der Waals surface area contributed by atoms with E-state index in [9.17, 15) is 0 Å². The largest absolute Gasteiger partial charge is 0.304 e. The topological polar surface area (TPSA) is 3.24 Å². The molecule has 0 unspecified atom stereocenters. The van der Waals surface area contributed by atoms with Gasteiger partial charge in [0, 0.05) is 5.41 Å². The van der Waals surface area contributed by atoms with Crippen molar-refractivity contribution in [3.63, 3.8) is 0 Å². The van der Waals surface area contributed by atoms with E-state index in [1.807, 2.05) is 0 Å². The number of hydrogen-bond donors (Lipinski definition) is 0. The summed E-state index contributed by atoms with van der Waals surface area (Å²) in [6.07, 6.45) is 3.54. The van der Waals surface area contributed by atoms with Crippen molar-refractivity contribution in [2.24, 2.45) is 0 Å². The average Bonchev–Trinajstić information content (AvgIpc) is 3.14. The van der Waals surface area contributed by atoms with Gasteiger partial charge in [-0.25, -0.2) is 0 Å². The van der Waals surface area contributed by atoms with E-state index in [1.54, 1.807) is 0 Å². The Balaban J connectivity index is 0.000000156. The van der Waals surface area contributed by atoms with Crippen molar-refractivity contribution in [3.05, 3.63) is 168 Å². The van der Waals surface area contributed by atoms with Crippen molar-refractivity contribution in [1.82, 2.24) is 4.90 Å². The van der Waals surface area contributed by atoms with Gasteiger partial charge in [0.15, 0.2) is 0 Å². The van der Waals surface area contributed by atoms with Crippen LogP contribution in [0, 0.1) is 0 Å². The molecule has 46 heavy (non-hydrogen) atoms. The normalized spacial score (nSPS) is 11.3. The highest BCUT2D eigenvalue weighted by atomic mass is 15.1. The first kappa shape index (κ1) is 33.0. The summed E-state index contributed by atoms with van der Waals surface area (Å²) < 4.78 is 0. The predicted octanol–water partition coefficient (Wildman–Crippen LogP) is 10.8. The molecular formula is C44H48BN. The van der Waals surface area contributed by atoms with Gasteiger partial charge in [-0.1, -0.05) is 185 Å². The van der Waals surface area contributed by atoms with E-state index in [4.69, 9.17) is 0 Å². The first-order valence-electron chi connectivity index (χ1n) is 17.2. The molecule has 0 heterocycles. The average molecular weight is 602 g/mol. The standard InChI is InChI=1S/C22H23B.C16H10.C6H15N/c23-18-10-17-22(19-11-4-1-5-12-19,20-13-6-2-7-14-20)21-15-8-3-9-16-21;1-3-11-7-9-13-5-2-6-14-10-8-12(4-1)15(11)16(13)14;1-4-7(5-2)6-3/h1-9,11-16H,10,17-18,23H2;1-10H;4-6H2,1-3H3. The molecule has 7 aromatic rings. The molecular weight excluding hydrogens is 553 g/mol. The van der Waals surface area contributed by atoms with E-state index in [0.29, 0.717) is 0 Å². The number of nitrogens with zero attached hydrogens (tertiary/aromatic N) is 1. The van der Waals surface area contributed by atoms with E-state index in [-0.39, 0.29) is 5.41 Å². The molecule has 7 rings (SSSR count). The zero-order chi connectivity index (χ0) is 32.2. The van der Waals surface area contributed by atoms with Crippen LogP contribution in [0.1, 0.15) is 50.3 Å². The molecule has 0 aliphatic carbocycles. The van der Waals surface area contributed by atoms with Crippen LogP contribution < -0.4 is 0 Å². The Labute approximate surface area is 277 Å². The molecule has 7 aromatic carbocycles. The van der Waals surface area contributed by atoms with Crippen molar-refractivity contribution < 1.29 is 0 Å². The van der Waals surface area contributed by atoms with E-state index < -0.39 is 0 Å². The van der Waals surface area contributed by atoms with Gasteiger partial charge in [-0.3, -0.25) is 0 Å². The van der Waals surface area contributed by atoms with Crippen molar-refractivity contribution in [3.8, 4) is 0 Å². The van der Waals surface area contributed by atoms with Crippen molar-refractivity contribution in [1.29, 1.82) is 0 Å². The Kier molecular flexibility index (Phi) is 11.7. The molecule has 2 heteroatoms. The second-order valence-electron chi connectivity index (χ2n) is 12.0. The SMILES string of the molecule is BCCCC(c1ccccc1)(c1ccccc1)c1ccccc1.CCN(CC)CC.c1cc2ccc3cccc4ccc(c1)c2c34.